The largest absolute Gasteiger partial charge is 0.492 e. The van der Waals surface area contributed by atoms with Gasteiger partial charge in [0.15, 0.2) is 0 Å². The standard InChI is InChI=1S/C14H24BNO3/c1-4-12(2)11-16(3)8-9-19-14-7-5-6-13(10-14)15(17)18/h5-7,10,12,17-18H,4,8-9,11H2,1-3H3. The lowest BCUT2D eigenvalue weighted by Crippen LogP contribution is -2.30. The second-order valence-electron chi connectivity index (χ2n) is 5.07. The van der Waals surface area contributed by atoms with Gasteiger partial charge in [0.25, 0.3) is 0 Å². The first-order valence-electron chi connectivity index (χ1n) is 6.80. The number of ether oxygens (including phenoxy) is 1. The van der Waals surface area contributed by atoms with Crippen LogP contribution in [0.1, 0.15) is 20.3 Å². The van der Waals surface area contributed by atoms with E-state index in [1.807, 2.05) is 6.07 Å². The van der Waals surface area contributed by atoms with E-state index < -0.39 is 7.12 Å². The van der Waals surface area contributed by atoms with Gasteiger partial charge in [0.2, 0.25) is 0 Å². The van der Waals surface area contributed by atoms with E-state index in [-0.39, 0.29) is 0 Å². The van der Waals surface area contributed by atoms with Crippen molar-refractivity contribution in [3.05, 3.63) is 24.3 Å². The van der Waals surface area contributed by atoms with E-state index in [0.717, 1.165) is 13.1 Å². The summed E-state index contributed by atoms with van der Waals surface area (Å²) in [5.74, 6) is 1.36. The minimum Gasteiger partial charge on any atom is -0.492 e. The van der Waals surface area contributed by atoms with Crippen LogP contribution in [0.4, 0.5) is 0 Å². The van der Waals surface area contributed by atoms with Gasteiger partial charge in [-0.05, 0) is 30.6 Å². The average molecular weight is 265 g/mol. The van der Waals surface area contributed by atoms with Gasteiger partial charge in [-0.15, -0.1) is 0 Å². The van der Waals surface area contributed by atoms with Gasteiger partial charge < -0.3 is 19.7 Å². The summed E-state index contributed by atoms with van der Waals surface area (Å²) in [6.07, 6.45) is 1.18. The van der Waals surface area contributed by atoms with E-state index in [0.29, 0.717) is 23.7 Å². The average Bonchev–Trinajstić information content (AvgIpc) is 2.38. The van der Waals surface area contributed by atoms with Crippen LogP contribution in [0.25, 0.3) is 0 Å². The van der Waals surface area contributed by atoms with Crippen molar-refractivity contribution >= 4 is 12.6 Å². The Morgan fingerprint density at radius 3 is 2.74 bits per heavy atom. The molecule has 0 fully saturated rings. The fraction of sp³-hybridized carbons (Fsp3) is 0.571. The van der Waals surface area contributed by atoms with Crippen LogP contribution in [0.2, 0.25) is 0 Å². The van der Waals surface area contributed by atoms with Crippen molar-refractivity contribution in [2.75, 3.05) is 26.7 Å². The summed E-state index contributed by atoms with van der Waals surface area (Å²) in [4.78, 5) is 2.25. The molecule has 2 N–H and O–H groups in total. The van der Waals surface area contributed by atoms with Crippen molar-refractivity contribution in [3.8, 4) is 5.75 Å². The van der Waals surface area contributed by atoms with E-state index in [9.17, 15) is 0 Å². The van der Waals surface area contributed by atoms with Crippen LogP contribution in [0, 0.1) is 5.92 Å². The van der Waals surface area contributed by atoms with Gasteiger partial charge in [-0.3, -0.25) is 0 Å². The molecule has 0 aliphatic carbocycles. The van der Waals surface area contributed by atoms with Crippen LogP contribution in [0.3, 0.4) is 0 Å². The van der Waals surface area contributed by atoms with Gasteiger partial charge in [0, 0.05) is 13.1 Å². The zero-order valence-corrected chi connectivity index (χ0v) is 12.0. The Balaban J connectivity index is 2.34. The van der Waals surface area contributed by atoms with Crippen molar-refractivity contribution < 1.29 is 14.8 Å². The molecule has 1 unspecified atom stereocenters. The van der Waals surface area contributed by atoms with Crippen molar-refractivity contribution in [2.24, 2.45) is 5.92 Å². The van der Waals surface area contributed by atoms with Crippen LogP contribution in [0.5, 0.6) is 5.75 Å². The van der Waals surface area contributed by atoms with Crippen molar-refractivity contribution in [1.82, 2.24) is 4.90 Å². The zero-order valence-electron chi connectivity index (χ0n) is 12.0. The molecule has 0 amide bonds. The number of benzene rings is 1. The van der Waals surface area contributed by atoms with Gasteiger partial charge >= 0.3 is 7.12 Å². The highest BCUT2D eigenvalue weighted by molar-refractivity contribution is 6.58. The molecule has 1 aromatic rings. The molecule has 4 nitrogen and oxygen atoms in total. The summed E-state index contributed by atoms with van der Waals surface area (Å²) in [7, 11) is 0.639. The maximum atomic E-state index is 9.08. The first kappa shape index (κ1) is 16.0. The number of rotatable bonds is 8. The summed E-state index contributed by atoms with van der Waals surface area (Å²) in [6.45, 7) is 6.95. The highest BCUT2D eigenvalue weighted by Gasteiger charge is 2.11. The SMILES string of the molecule is CCC(C)CN(C)CCOc1cccc(B(O)O)c1. The lowest BCUT2D eigenvalue weighted by Gasteiger charge is -2.20. The Morgan fingerprint density at radius 1 is 1.37 bits per heavy atom. The maximum Gasteiger partial charge on any atom is 0.488 e. The Bertz CT molecular complexity index is 373. The third-order valence-corrected chi connectivity index (χ3v) is 3.22. The molecule has 0 saturated carbocycles. The molecule has 1 aromatic carbocycles. The van der Waals surface area contributed by atoms with Crippen LogP contribution in [0.15, 0.2) is 24.3 Å². The Hall–Kier alpha value is -1.04. The highest BCUT2D eigenvalue weighted by Crippen LogP contribution is 2.08. The van der Waals surface area contributed by atoms with Crippen LogP contribution >= 0.6 is 0 Å². The Kier molecular flexibility index (Phi) is 6.91. The second-order valence-corrected chi connectivity index (χ2v) is 5.07. The molecular weight excluding hydrogens is 241 g/mol. The molecule has 0 aliphatic rings. The predicted molar refractivity (Wildman–Crippen MR) is 78.7 cm³/mol. The van der Waals surface area contributed by atoms with Gasteiger partial charge in [-0.25, -0.2) is 0 Å². The molecule has 0 aliphatic heterocycles. The van der Waals surface area contributed by atoms with Crippen molar-refractivity contribution in [1.29, 1.82) is 0 Å². The highest BCUT2D eigenvalue weighted by atomic mass is 16.5. The minimum atomic E-state index is -1.45. The number of hydrogen-bond donors (Lipinski definition) is 2. The van der Waals surface area contributed by atoms with Crippen LogP contribution in [-0.2, 0) is 0 Å². The summed E-state index contributed by atoms with van der Waals surface area (Å²) < 4.78 is 5.62. The quantitative estimate of drug-likeness (QED) is 0.680. The smallest absolute Gasteiger partial charge is 0.488 e. The molecule has 106 valence electrons. The van der Waals surface area contributed by atoms with E-state index in [4.69, 9.17) is 14.8 Å². The lowest BCUT2D eigenvalue weighted by molar-refractivity contribution is 0.217. The summed E-state index contributed by atoms with van der Waals surface area (Å²) in [5.41, 5.74) is 0.449. The molecule has 0 heterocycles. The van der Waals surface area contributed by atoms with Crippen molar-refractivity contribution in [2.45, 2.75) is 20.3 Å². The Labute approximate surface area is 116 Å². The number of hydrogen-bond acceptors (Lipinski definition) is 4. The molecule has 5 heteroatoms. The zero-order chi connectivity index (χ0) is 14.3. The molecular formula is C14H24BNO3. The molecule has 19 heavy (non-hydrogen) atoms. The molecule has 0 spiro atoms. The molecule has 0 radical (unpaired) electrons. The minimum absolute atomic E-state index is 0.449. The summed E-state index contributed by atoms with van der Waals surface area (Å²) in [6, 6.07) is 6.89. The van der Waals surface area contributed by atoms with Gasteiger partial charge in [-0.1, -0.05) is 32.4 Å². The fourth-order valence-electron chi connectivity index (χ4n) is 1.84. The van der Waals surface area contributed by atoms with E-state index in [2.05, 4.69) is 25.8 Å². The van der Waals surface area contributed by atoms with Crippen molar-refractivity contribution in [3.63, 3.8) is 0 Å². The molecule has 1 atom stereocenters. The van der Waals surface area contributed by atoms with Gasteiger partial charge in [0.1, 0.15) is 12.4 Å². The second kappa shape index (κ2) is 8.20. The first-order valence-corrected chi connectivity index (χ1v) is 6.80. The lowest BCUT2D eigenvalue weighted by atomic mass is 9.80. The summed E-state index contributed by atoms with van der Waals surface area (Å²) in [5, 5.41) is 18.2. The normalized spacial score (nSPS) is 12.5. The number of likely N-dealkylation sites (N-methyl/N-ethyl adjacent to an activating group) is 1. The molecule has 1 rings (SSSR count). The fourth-order valence-corrected chi connectivity index (χ4v) is 1.84. The maximum absolute atomic E-state index is 9.08. The topological polar surface area (TPSA) is 52.9 Å². The summed E-state index contributed by atoms with van der Waals surface area (Å²) >= 11 is 0. The molecule has 0 aromatic heterocycles. The van der Waals surface area contributed by atoms with E-state index >= 15 is 0 Å². The van der Waals surface area contributed by atoms with E-state index in [1.165, 1.54) is 6.42 Å². The predicted octanol–water partition coefficient (Wildman–Crippen LogP) is 0.723. The third kappa shape index (κ3) is 6.10. The van der Waals surface area contributed by atoms with E-state index in [1.54, 1.807) is 18.2 Å². The van der Waals surface area contributed by atoms with Gasteiger partial charge in [-0.2, -0.15) is 0 Å². The number of nitrogens with zero attached hydrogens (tertiary/aromatic N) is 1. The van der Waals surface area contributed by atoms with Crippen LogP contribution < -0.4 is 10.2 Å². The molecule has 0 saturated heterocycles. The third-order valence-electron chi connectivity index (χ3n) is 3.22. The Morgan fingerprint density at radius 2 is 2.11 bits per heavy atom. The monoisotopic (exact) mass is 265 g/mol. The van der Waals surface area contributed by atoms with Gasteiger partial charge in [0.05, 0.1) is 0 Å². The first-order chi connectivity index (χ1) is 9.02. The molecule has 0 bridgehead atoms. The van der Waals surface area contributed by atoms with Crippen LogP contribution in [-0.4, -0.2) is 48.8 Å².